The van der Waals surface area contributed by atoms with Gasteiger partial charge in [0.15, 0.2) is 0 Å². The van der Waals surface area contributed by atoms with Gasteiger partial charge in [-0.2, -0.15) is 10.5 Å². The zero-order chi connectivity index (χ0) is 26.7. The monoisotopic (exact) mass is 537 g/mol. The van der Waals surface area contributed by atoms with Gasteiger partial charge in [0.25, 0.3) is 0 Å². The van der Waals surface area contributed by atoms with Gasteiger partial charge in [-0.05, 0) is 51.4 Å². The highest BCUT2D eigenvalue weighted by molar-refractivity contribution is 6.40. The van der Waals surface area contributed by atoms with Gasteiger partial charge >= 0.3 is 0 Å². The molecule has 0 bridgehead atoms. The molecule has 3 nitrogen and oxygen atoms in total. The number of aromatic nitrogens is 1. The van der Waals surface area contributed by atoms with Crippen molar-refractivity contribution in [3.63, 3.8) is 0 Å². The summed E-state index contributed by atoms with van der Waals surface area (Å²) in [5.74, 6) is 0. The maximum Gasteiger partial charge on any atom is 0.101 e. The fraction of sp³-hybridized carbons (Fsp3) is 0. The molecule has 182 valence electrons. The van der Waals surface area contributed by atoms with Gasteiger partial charge in [-0.1, -0.05) is 102 Å². The predicted octanol–water partition coefficient (Wildman–Crippen LogP) is 9.81. The van der Waals surface area contributed by atoms with E-state index >= 15 is 0 Å². The highest BCUT2D eigenvalue weighted by atomic mass is 35.5. The van der Waals surface area contributed by atoms with Crippen molar-refractivity contribution in [2.75, 3.05) is 0 Å². The van der Waals surface area contributed by atoms with Gasteiger partial charge in [-0.15, -0.1) is 0 Å². The van der Waals surface area contributed by atoms with E-state index in [0.717, 1.165) is 43.4 Å². The van der Waals surface area contributed by atoms with E-state index in [1.54, 1.807) is 0 Å². The average molecular weight is 538 g/mol. The van der Waals surface area contributed by atoms with Crippen molar-refractivity contribution in [1.82, 2.24) is 4.57 Å². The first-order chi connectivity index (χ1) is 19.1. The minimum atomic E-state index is 0.209. The van der Waals surface area contributed by atoms with Gasteiger partial charge in [-0.3, -0.25) is 0 Å². The second-order valence-electron chi connectivity index (χ2n) is 9.46. The fourth-order valence-corrected chi connectivity index (χ4v) is 6.29. The van der Waals surface area contributed by atoms with E-state index in [4.69, 9.17) is 23.2 Å². The largest absolute Gasteiger partial charge is 0.306 e. The molecule has 39 heavy (non-hydrogen) atoms. The summed E-state index contributed by atoms with van der Waals surface area (Å²) in [5, 5.41) is 27.5. The smallest absolute Gasteiger partial charge is 0.101 e. The molecular formula is C34H17Cl2N3. The summed E-state index contributed by atoms with van der Waals surface area (Å²) >= 11 is 14.2. The summed E-state index contributed by atoms with van der Waals surface area (Å²) in [6.45, 7) is 0. The summed E-state index contributed by atoms with van der Waals surface area (Å²) in [4.78, 5) is 0. The van der Waals surface area contributed by atoms with Crippen LogP contribution in [0.2, 0.25) is 10.0 Å². The van der Waals surface area contributed by atoms with Gasteiger partial charge in [0, 0.05) is 16.3 Å². The van der Waals surface area contributed by atoms with E-state index in [1.807, 2.05) is 77.4 Å². The number of rotatable bonds is 2. The summed E-state index contributed by atoms with van der Waals surface area (Å²) in [6, 6.07) is 38.8. The molecule has 7 aromatic rings. The third-order valence-electron chi connectivity index (χ3n) is 7.38. The van der Waals surface area contributed by atoms with Crippen molar-refractivity contribution in [2.45, 2.75) is 0 Å². The van der Waals surface area contributed by atoms with Gasteiger partial charge in [0.2, 0.25) is 0 Å². The normalized spacial score (nSPS) is 11.3. The fourth-order valence-electron chi connectivity index (χ4n) is 5.61. The Kier molecular flexibility index (Phi) is 5.32. The molecule has 0 saturated carbocycles. The number of para-hydroxylation sites is 1. The molecule has 1 aromatic heterocycles. The molecule has 0 radical (unpaired) electrons. The van der Waals surface area contributed by atoms with E-state index in [0.29, 0.717) is 16.8 Å². The SMILES string of the molecule is N#Cc1c(Cl)c(-n2c3ccccc3c3cc4ccccc4cc32)c(Cl)c(C#N)c1-c1ccc2ccccc2c1. The van der Waals surface area contributed by atoms with Crippen LogP contribution in [0, 0.1) is 22.7 Å². The third kappa shape index (κ3) is 3.42. The molecule has 5 heteroatoms. The van der Waals surface area contributed by atoms with Gasteiger partial charge in [0.05, 0.1) is 37.9 Å². The Bertz CT molecular complexity index is 2190. The summed E-state index contributed by atoms with van der Waals surface area (Å²) in [5.41, 5.74) is 3.80. The van der Waals surface area contributed by atoms with Crippen molar-refractivity contribution in [3.8, 4) is 29.0 Å². The van der Waals surface area contributed by atoms with Crippen molar-refractivity contribution >= 4 is 66.6 Å². The predicted molar refractivity (Wildman–Crippen MR) is 161 cm³/mol. The van der Waals surface area contributed by atoms with Crippen molar-refractivity contribution in [1.29, 1.82) is 10.5 Å². The Balaban J connectivity index is 1.61. The third-order valence-corrected chi connectivity index (χ3v) is 8.12. The van der Waals surface area contributed by atoms with Crippen molar-refractivity contribution in [3.05, 3.63) is 124 Å². The molecule has 0 fully saturated rings. The Morgan fingerprint density at radius 3 is 1.77 bits per heavy atom. The number of hydrogen-bond acceptors (Lipinski definition) is 2. The van der Waals surface area contributed by atoms with Crippen LogP contribution in [-0.2, 0) is 0 Å². The second kappa shape index (κ2) is 8.90. The molecule has 0 saturated heterocycles. The zero-order valence-electron chi connectivity index (χ0n) is 20.4. The quantitative estimate of drug-likeness (QED) is 0.220. The molecule has 0 aliphatic heterocycles. The molecule has 0 aliphatic carbocycles. The Hall–Kier alpha value is -4.80. The Morgan fingerprint density at radius 1 is 0.538 bits per heavy atom. The van der Waals surface area contributed by atoms with Crippen LogP contribution >= 0.6 is 23.2 Å². The van der Waals surface area contributed by atoms with Crippen LogP contribution in [0.5, 0.6) is 0 Å². The van der Waals surface area contributed by atoms with Crippen LogP contribution < -0.4 is 0 Å². The molecule has 7 rings (SSSR count). The first-order valence-electron chi connectivity index (χ1n) is 12.4. The molecule has 0 N–H and O–H groups in total. The number of hydrogen-bond donors (Lipinski definition) is 0. The van der Waals surface area contributed by atoms with Crippen LogP contribution in [0.1, 0.15) is 11.1 Å². The molecule has 0 spiro atoms. The summed E-state index contributed by atoms with van der Waals surface area (Å²) < 4.78 is 1.98. The molecule has 0 aliphatic rings. The molecule has 0 amide bonds. The lowest BCUT2D eigenvalue weighted by Crippen LogP contribution is -2.03. The Morgan fingerprint density at radius 2 is 1.10 bits per heavy atom. The number of benzene rings is 6. The van der Waals surface area contributed by atoms with E-state index in [9.17, 15) is 10.5 Å². The van der Waals surface area contributed by atoms with Crippen LogP contribution in [0.15, 0.2) is 103 Å². The van der Waals surface area contributed by atoms with Gasteiger partial charge < -0.3 is 4.57 Å². The van der Waals surface area contributed by atoms with Crippen LogP contribution in [-0.4, -0.2) is 4.57 Å². The minimum Gasteiger partial charge on any atom is -0.306 e. The van der Waals surface area contributed by atoms with Crippen LogP contribution in [0.3, 0.4) is 0 Å². The molecule has 0 unspecified atom stereocenters. The lowest BCUT2D eigenvalue weighted by atomic mass is 9.92. The van der Waals surface area contributed by atoms with E-state index in [2.05, 4.69) is 42.5 Å². The maximum absolute atomic E-state index is 10.4. The van der Waals surface area contributed by atoms with Gasteiger partial charge in [0.1, 0.15) is 12.1 Å². The first kappa shape index (κ1) is 23.3. The van der Waals surface area contributed by atoms with Crippen LogP contribution in [0.4, 0.5) is 0 Å². The number of nitrogens with zero attached hydrogens (tertiary/aromatic N) is 3. The highest BCUT2D eigenvalue weighted by Crippen LogP contribution is 2.45. The summed E-state index contributed by atoms with van der Waals surface area (Å²) in [7, 11) is 0. The lowest BCUT2D eigenvalue weighted by molar-refractivity contribution is 1.17. The molecule has 0 atom stereocenters. The van der Waals surface area contributed by atoms with Crippen molar-refractivity contribution in [2.24, 2.45) is 0 Å². The lowest BCUT2D eigenvalue weighted by Gasteiger charge is -2.18. The number of fused-ring (bicyclic) bond motifs is 5. The summed E-state index contributed by atoms with van der Waals surface area (Å²) in [6.07, 6.45) is 0. The van der Waals surface area contributed by atoms with Gasteiger partial charge in [-0.25, -0.2) is 0 Å². The topological polar surface area (TPSA) is 52.5 Å². The number of halogens is 2. The van der Waals surface area contributed by atoms with E-state index in [1.165, 1.54) is 0 Å². The molecule has 1 heterocycles. The zero-order valence-corrected chi connectivity index (χ0v) is 21.9. The minimum absolute atomic E-state index is 0.209. The second-order valence-corrected chi connectivity index (χ2v) is 10.2. The average Bonchev–Trinajstić information content (AvgIpc) is 3.28. The van der Waals surface area contributed by atoms with Crippen LogP contribution in [0.25, 0.3) is 60.2 Å². The number of nitriles is 2. The highest BCUT2D eigenvalue weighted by Gasteiger charge is 2.27. The molecular weight excluding hydrogens is 521 g/mol. The van der Waals surface area contributed by atoms with Crippen molar-refractivity contribution < 1.29 is 0 Å². The Labute approximate surface area is 234 Å². The van der Waals surface area contributed by atoms with E-state index in [-0.39, 0.29) is 21.2 Å². The first-order valence-corrected chi connectivity index (χ1v) is 13.1. The standard InChI is InChI=1S/C34H17Cl2N3/c35-32-27(18-37)31(24-14-13-20-7-1-2-8-21(20)15-24)28(19-38)33(36)34(32)39-29-12-6-5-11-25(29)26-16-22-9-3-4-10-23(22)17-30(26)39/h1-17H. The maximum atomic E-state index is 10.4. The molecule has 6 aromatic carbocycles. The van der Waals surface area contributed by atoms with E-state index < -0.39 is 0 Å².